The zero-order valence-corrected chi connectivity index (χ0v) is 16.7. The number of nitrogens with zero attached hydrogens (tertiary/aromatic N) is 2. The summed E-state index contributed by atoms with van der Waals surface area (Å²) in [5.41, 5.74) is 2.36. The van der Waals surface area contributed by atoms with Gasteiger partial charge in [0.15, 0.2) is 12.5 Å². The molecular weight excluding hydrogens is 364 g/mol. The van der Waals surface area contributed by atoms with Crippen molar-refractivity contribution in [1.29, 1.82) is 0 Å². The van der Waals surface area contributed by atoms with E-state index < -0.39 is 0 Å². The summed E-state index contributed by atoms with van der Waals surface area (Å²) in [5, 5.41) is 0. The van der Waals surface area contributed by atoms with Crippen LogP contribution in [0.15, 0.2) is 65.2 Å². The van der Waals surface area contributed by atoms with Gasteiger partial charge in [0.2, 0.25) is 0 Å². The molecular formula is C24H26N2O3. The van der Waals surface area contributed by atoms with Crippen molar-refractivity contribution in [1.82, 2.24) is 9.88 Å². The Hall–Kier alpha value is -3.08. The van der Waals surface area contributed by atoms with Crippen LogP contribution in [-0.4, -0.2) is 35.5 Å². The molecule has 1 atom stereocenters. The molecule has 0 aliphatic carbocycles. The summed E-state index contributed by atoms with van der Waals surface area (Å²) in [4.78, 5) is 19.0. The number of aryl methyl sites for hydroxylation is 1. The second-order valence-electron chi connectivity index (χ2n) is 7.61. The van der Waals surface area contributed by atoms with E-state index >= 15 is 0 Å². The molecule has 2 heterocycles. The topological polar surface area (TPSA) is 55.6 Å². The SMILES string of the molecule is Cc1ccc(OCC(=O)N2CCC[C@H](c3ncc(Cc4ccccc4)o3)C2)cc1. The van der Waals surface area contributed by atoms with Gasteiger partial charge in [-0.2, -0.15) is 0 Å². The van der Waals surface area contributed by atoms with Crippen LogP contribution in [0, 0.1) is 6.92 Å². The van der Waals surface area contributed by atoms with Crippen LogP contribution < -0.4 is 4.74 Å². The molecule has 5 nitrogen and oxygen atoms in total. The van der Waals surface area contributed by atoms with Gasteiger partial charge in [-0.25, -0.2) is 4.98 Å². The minimum Gasteiger partial charge on any atom is -0.484 e. The fraction of sp³-hybridized carbons (Fsp3) is 0.333. The molecule has 4 rings (SSSR count). The molecule has 150 valence electrons. The zero-order chi connectivity index (χ0) is 20.1. The van der Waals surface area contributed by atoms with Gasteiger partial charge in [-0.1, -0.05) is 48.0 Å². The first-order valence-electron chi connectivity index (χ1n) is 10.1. The Kier molecular flexibility index (Phi) is 5.94. The second kappa shape index (κ2) is 8.95. The molecule has 5 heteroatoms. The van der Waals surface area contributed by atoms with Gasteiger partial charge in [0, 0.05) is 19.5 Å². The number of aromatic nitrogens is 1. The smallest absolute Gasteiger partial charge is 0.260 e. The van der Waals surface area contributed by atoms with Gasteiger partial charge in [-0.05, 0) is 37.5 Å². The highest BCUT2D eigenvalue weighted by Gasteiger charge is 2.28. The Morgan fingerprint density at radius 3 is 2.76 bits per heavy atom. The zero-order valence-electron chi connectivity index (χ0n) is 16.7. The number of hydrogen-bond donors (Lipinski definition) is 0. The molecule has 0 unspecified atom stereocenters. The lowest BCUT2D eigenvalue weighted by Gasteiger charge is -2.31. The molecule has 29 heavy (non-hydrogen) atoms. The van der Waals surface area contributed by atoms with Crippen molar-refractivity contribution in [2.45, 2.75) is 32.1 Å². The quantitative estimate of drug-likeness (QED) is 0.628. The number of oxazole rings is 1. The third-order valence-electron chi connectivity index (χ3n) is 5.30. The molecule has 3 aromatic rings. The maximum Gasteiger partial charge on any atom is 0.260 e. The standard InChI is InChI=1S/C24H26N2O3/c1-18-9-11-21(12-10-18)28-17-23(27)26-13-5-8-20(16-26)24-25-15-22(29-24)14-19-6-3-2-4-7-19/h2-4,6-7,9-12,15,20H,5,8,13-14,16-17H2,1H3/t20-/m0/s1. The molecule has 1 amide bonds. The summed E-state index contributed by atoms with van der Waals surface area (Å²) in [6.45, 7) is 3.46. The number of ether oxygens (including phenoxy) is 1. The Morgan fingerprint density at radius 2 is 1.97 bits per heavy atom. The number of carbonyl (C=O) groups is 1. The average molecular weight is 390 g/mol. The predicted octanol–water partition coefficient (Wildman–Crippen LogP) is 4.36. The van der Waals surface area contributed by atoms with Crippen LogP contribution in [0.1, 0.15) is 41.5 Å². The Balaban J connectivity index is 1.33. The maximum absolute atomic E-state index is 12.6. The largest absolute Gasteiger partial charge is 0.484 e. The number of piperidine rings is 1. The molecule has 0 N–H and O–H groups in total. The van der Waals surface area contributed by atoms with Crippen molar-refractivity contribution in [2.24, 2.45) is 0 Å². The Bertz CT molecular complexity index is 934. The van der Waals surface area contributed by atoms with Gasteiger partial charge in [0.25, 0.3) is 5.91 Å². The lowest BCUT2D eigenvalue weighted by atomic mass is 9.98. The van der Waals surface area contributed by atoms with Gasteiger partial charge in [-0.3, -0.25) is 4.79 Å². The maximum atomic E-state index is 12.6. The van der Waals surface area contributed by atoms with Crippen molar-refractivity contribution < 1.29 is 13.9 Å². The number of amides is 1. The molecule has 1 aliphatic heterocycles. The summed E-state index contributed by atoms with van der Waals surface area (Å²) < 4.78 is 11.7. The predicted molar refractivity (Wildman–Crippen MR) is 111 cm³/mol. The normalized spacial score (nSPS) is 16.6. The number of benzene rings is 2. The minimum atomic E-state index is 0.00587. The molecule has 0 bridgehead atoms. The molecule has 0 saturated carbocycles. The fourth-order valence-corrected chi connectivity index (χ4v) is 3.67. The van der Waals surface area contributed by atoms with Crippen LogP contribution in [0.25, 0.3) is 0 Å². The van der Waals surface area contributed by atoms with E-state index in [0.29, 0.717) is 6.54 Å². The number of carbonyl (C=O) groups excluding carboxylic acids is 1. The number of likely N-dealkylation sites (tertiary alicyclic amines) is 1. The van der Waals surface area contributed by atoms with E-state index in [9.17, 15) is 4.79 Å². The van der Waals surface area contributed by atoms with Crippen LogP contribution in [-0.2, 0) is 11.2 Å². The molecule has 2 aromatic carbocycles. The summed E-state index contributed by atoms with van der Waals surface area (Å²) >= 11 is 0. The van der Waals surface area contributed by atoms with Gasteiger partial charge in [-0.15, -0.1) is 0 Å². The number of hydrogen-bond acceptors (Lipinski definition) is 4. The van der Waals surface area contributed by atoms with Crippen LogP contribution in [0.4, 0.5) is 0 Å². The summed E-state index contributed by atoms with van der Waals surface area (Å²) in [7, 11) is 0. The highest BCUT2D eigenvalue weighted by Crippen LogP contribution is 2.27. The van der Waals surface area contributed by atoms with Crippen molar-refractivity contribution in [3.05, 3.63) is 83.6 Å². The van der Waals surface area contributed by atoms with E-state index in [1.807, 2.05) is 60.5 Å². The Labute approximate surface area is 171 Å². The van der Waals surface area contributed by atoms with Crippen molar-refractivity contribution in [3.63, 3.8) is 0 Å². The van der Waals surface area contributed by atoms with Crippen LogP contribution in [0.3, 0.4) is 0 Å². The van der Waals surface area contributed by atoms with Gasteiger partial charge in [0.1, 0.15) is 11.5 Å². The van der Waals surface area contributed by atoms with Crippen molar-refractivity contribution in [3.8, 4) is 5.75 Å². The van der Waals surface area contributed by atoms with E-state index in [4.69, 9.17) is 9.15 Å². The molecule has 1 aliphatic rings. The molecule has 0 radical (unpaired) electrons. The first-order valence-corrected chi connectivity index (χ1v) is 10.1. The van der Waals surface area contributed by atoms with E-state index in [2.05, 4.69) is 17.1 Å². The van der Waals surface area contributed by atoms with Gasteiger partial charge < -0.3 is 14.1 Å². The fourth-order valence-electron chi connectivity index (χ4n) is 3.67. The van der Waals surface area contributed by atoms with E-state index in [-0.39, 0.29) is 18.4 Å². The minimum absolute atomic E-state index is 0.00587. The lowest BCUT2D eigenvalue weighted by molar-refractivity contribution is -0.134. The third-order valence-corrected chi connectivity index (χ3v) is 5.30. The first-order chi connectivity index (χ1) is 14.2. The summed E-state index contributed by atoms with van der Waals surface area (Å²) in [5.74, 6) is 2.45. The molecule has 1 saturated heterocycles. The van der Waals surface area contributed by atoms with Gasteiger partial charge in [0.05, 0.1) is 12.1 Å². The average Bonchev–Trinajstić information content (AvgIpc) is 3.22. The first kappa shape index (κ1) is 19.2. The number of rotatable bonds is 6. The van der Waals surface area contributed by atoms with Crippen molar-refractivity contribution in [2.75, 3.05) is 19.7 Å². The van der Waals surface area contributed by atoms with Crippen molar-refractivity contribution >= 4 is 5.91 Å². The molecule has 1 fully saturated rings. The van der Waals surface area contributed by atoms with E-state index in [0.717, 1.165) is 43.2 Å². The van der Waals surface area contributed by atoms with E-state index in [1.165, 1.54) is 11.1 Å². The van der Waals surface area contributed by atoms with Crippen LogP contribution >= 0.6 is 0 Å². The highest BCUT2D eigenvalue weighted by atomic mass is 16.5. The molecule has 0 spiro atoms. The van der Waals surface area contributed by atoms with Gasteiger partial charge >= 0.3 is 0 Å². The van der Waals surface area contributed by atoms with Crippen LogP contribution in [0.5, 0.6) is 5.75 Å². The summed E-state index contributed by atoms with van der Waals surface area (Å²) in [6.07, 6.45) is 4.46. The third kappa shape index (κ3) is 5.05. The second-order valence-corrected chi connectivity index (χ2v) is 7.61. The van der Waals surface area contributed by atoms with E-state index in [1.54, 1.807) is 0 Å². The lowest BCUT2D eigenvalue weighted by Crippen LogP contribution is -2.41. The Morgan fingerprint density at radius 1 is 1.17 bits per heavy atom. The molecule has 1 aromatic heterocycles. The highest BCUT2D eigenvalue weighted by molar-refractivity contribution is 5.78. The monoisotopic (exact) mass is 390 g/mol. The van der Waals surface area contributed by atoms with Crippen LogP contribution in [0.2, 0.25) is 0 Å². The summed E-state index contributed by atoms with van der Waals surface area (Å²) in [6, 6.07) is 18.0.